The van der Waals surface area contributed by atoms with Crippen LogP contribution in [0.2, 0.25) is 0 Å². The maximum atomic E-state index is 8.74. The predicted molar refractivity (Wildman–Crippen MR) is 239 cm³/mol. The summed E-state index contributed by atoms with van der Waals surface area (Å²) in [6.07, 6.45) is 0. The first-order valence-electron chi connectivity index (χ1n) is 6.29. The van der Waals surface area contributed by atoms with E-state index >= 15 is 0 Å². The van der Waals surface area contributed by atoms with Crippen molar-refractivity contribution in [2.45, 2.75) is 0 Å². The summed E-state index contributed by atoms with van der Waals surface area (Å²) in [5.74, 6) is 0. The van der Waals surface area contributed by atoms with Crippen molar-refractivity contribution in [1.82, 2.24) is 0 Å². The van der Waals surface area contributed by atoms with Crippen LogP contribution < -0.4 is 0 Å². The van der Waals surface area contributed by atoms with Crippen molar-refractivity contribution in [3.63, 3.8) is 0 Å². The van der Waals surface area contributed by atoms with Crippen molar-refractivity contribution in [3.05, 3.63) is 0 Å². The summed E-state index contributed by atoms with van der Waals surface area (Å²) in [7, 11) is -42.0. The molecule has 0 fully saturated rings. The van der Waals surface area contributed by atoms with Crippen LogP contribution in [0.5, 0.6) is 0 Å². The largest absolute Gasteiger partial charge is 2.00 e. The molecule has 0 bridgehead atoms. The molecule has 0 atom stereocenters. The molecule has 0 saturated heterocycles. The van der Waals surface area contributed by atoms with E-state index in [0.29, 0.717) is 0 Å². The van der Waals surface area contributed by atoms with Crippen LogP contribution in [-0.2, 0) is 93.6 Å². The SMILES string of the molecule is O=S(=O)(O)O.O=S(=O)(O)O.O=S(=O)(O)O.O=S(=O)(O)O.O=S(=O)(O)O.O=S(=O)(O)O.O=S(=O)(O)O.O=S(=O)(O)O.O=S(=O)(O)O.[H-].[H-].[H-].[H-].[H-].[H-].[H-].[H-].[H-].[H-].[H-].[H-].[H-].[H-].[H-].[H-].[H-].[H-].[H-].[H-].[H-].[H-].[H-].[H-].[H-].[H-].[H-].[H-].[Mg+2].[Mg+2].[Mg+2].[Mg+2].[Mg+2].[Mg+2].[Mg+2].[Mg+2].[Mg+2].[Mg+2].[Mg+2].[Mg+2].[Mg+2].[Mg+2]. The van der Waals surface area contributed by atoms with Gasteiger partial charge in [-0.1, -0.05) is 0 Å². The molecule has 0 rings (SSSR count). The van der Waals surface area contributed by atoms with E-state index in [1.54, 1.807) is 0 Å². The van der Waals surface area contributed by atoms with Crippen molar-refractivity contribution < 1.29 is 198 Å². The number of hydrogen-bond acceptors (Lipinski definition) is 18. The van der Waals surface area contributed by atoms with Crippen LogP contribution in [0.4, 0.5) is 0 Å². The molecule has 0 unspecified atom stereocenters. The fraction of sp³-hybridized carbons (Fsp3) is 0. The quantitative estimate of drug-likeness (QED) is 0.0791. The maximum absolute atomic E-state index is 8.74. The van der Waals surface area contributed by atoms with Gasteiger partial charge in [-0.25, -0.2) is 0 Å². The second-order valence-corrected chi connectivity index (χ2v) is 12.1. The normalized spacial score (nSPS) is 8.85. The van der Waals surface area contributed by atoms with Gasteiger partial charge in [0.1, 0.15) is 0 Å². The van der Waals surface area contributed by atoms with Crippen molar-refractivity contribution in [1.29, 1.82) is 0 Å². The topological polar surface area (TPSA) is 671 Å². The fourth-order valence-corrected chi connectivity index (χ4v) is 0. The van der Waals surface area contributed by atoms with E-state index < -0.39 is 93.6 Å². The monoisotopic (exact) mass is 1250 g/mol. The summed E-state index contributed by atoms with van der Waals surface area (Å²) >= 11 is 0. The van der Waals surface area contributed by atoms with Crippen molar-refractivity contribution in [3.8, 4) is 0 Å². The molecule has 0 aromatic heterocycles. The second-order valence-electron chi connectivity index (χ2n) is 4.03. The third-order valence-corrected chi connectivity index (χ3v) is 0. The molecular formula is H46Mg14O36S9. The van der Waals surface area contributed by atoms with Gasteiger partial charge in [0.25, 0.3) is 0 Å². The summed E-state index contributed by atoms with van der Waals surface area (Å²) in [5.41, 5.74) is 0. The first kappa shape index (κ1) is 151. The Morgan fingerprint density at radius 2 is 0.136 bits per heavy atom. The summed E-state index contributed by atoms with van der Waals surface area (Å²) in [6, 6.07) is 0. The molecule has 0 aromatic rings. The Hall–Kier alpha value is 9.56. The molecule has 36 nitrogen and oxygen atoms in total. The molecule has 0 aromatic carbocycles. The zero-order chi connectivity index (χ0) is 40.5. The van der Waals surface area contributed by atoms with Gasteiger partial charge >= 0.3 is 416 Å². The van der Waals surface area contributed by atoms with Gasteiger partial charge in [0.05, 0.1) is 0 Å². The van der Waals surface area contributed by atoms with E-state index in [0.717, 1.165) is 0 Å². The summed E-state index contributed by atoms with van der Waals surface area (Å²) in [5, 5.41) is 0. The zero-order valence-electron chi connectivity index (χ0n) is 57.0. The van der Waals surface area contributed by atoms with Gasteiger partial charge < -0.3 is 39.9 Å². The zero-order valence-corrected chi connectivity index (χ0v) is 56.1. The van der Waals surface area contributed by atoms with Gasteiger partial charge in [0.2, 0.25) is 0 Å². The fourth-order valence-electron chi connectivity index (χ4n) is 0. The standard InChI is InChI=1S/14Mg.9H2O4S.28H/c;;;;;;;;;;;;;;9*1-5(2,3)4;;;;;;;;;;;;;;;;;;;;;;;;;;;;/h;;;;;;;;;;;;;;9*(H2,1,2,3,4);;;;;;;;;;;;;;;;;;;;;;;;;;;;/q14*+2;;;;;;;;;;28*-1. The van der Waals surface area contributed by atoms with Crippen molar-refractivity contribution in [2.75, 3.05) is 0 Å². The Labute approximate surface area is 603 Å². The minimum absolute atomic E-state index is 0. The Balaban J connectivity index is -0.00000000323. The van der Waals surface area contributed by atoms with Gasteiger partial charge in [0.15, 0.2) is 0 Å². The van der Waals surface area contributed by atoms with Gasteiger partial charge in [-0.15, -0.1) is 0 Å². The van der Waals surface area contributed by atoms with E-state index in [-0.39, 0.29) is 363 Å². The molecular weight excluding hydrogens is 1200 g/mol. The predicted octanol–water partition coefficient (Wildman–Crippen LogP) is -8.06. The van der Waals surface area contributed by atoms with Crippen LogP contribution in [0.15, 0.2) is 0 Å². The first-order chi connectivity index (χ1) is 18.0. The minimum Gasteiger partial charge on any atom is -1.00 e. The molecule has 0 saturated carbocycles. The molecule has 18 N–H and O–H groups in total. The van der Waals surface area contributed by atoms with Gasteiger partial charge in [0, 0.05) is 0 Å². The third kappa shape index (κ3) is 3180. The summed E-state index contributed by atoms with van der Waals surface area (Å²) in [4.78, 5) is 0. The van der Waals surface area contributed by atoms with Gasteiger partial charge in [-0.3, -0.25) is 81.9 Å². The Morgan fingerprint density at radius 1 is 0.136 bits per heavy atom. The molecule has 0 spiro atoms. The van der Waals surface area contributed by atoms with E-state index in [1.165, 1.54) is 0 Å². The maximum Gasteiger partial charge on any atom is 2.00 e. The Kier molecular flexibility index (Phi) is 189. The Morgan fingerprint density at radius 3 is 0.136 bits per heavy atom. The average Bonchev–Trinajstić information content (AvgIpc) is 2.26. The molecule has 0 heterocycles. The van der Waals surface area contributed by atoms with Crippen LogP contribution in [0.3, 0.4) is 0 Å². The molecule has 0 radical (unpaired) electrons. The number of rotatable bonds is 0. The molecule has 0 aliphatic heterocycles. The number of hydrogen-bond donors (Lipinski definition) is 18. The van der Waals surface area contributed by atoms with Crippen LogP contribution in [0.1, 0.15) is 39.9 Å². The van der Waals surface area contributed by atoms with E-state index in [9.17, 15) is 0 Å². The Bertz CT molecular complexity index is 1330. The molecule has 59 heavy (non-hydrogen) atoms. The van der Waals surface area contributed by atoms with Crippen LogP contribution in [0, 0.1) is 0 Å². The minimum atomic E-state index is -4.67. The van der Waals surface area contributed by atoms with Gasteiger partial charge in [-0.2, -0.15) is 75.8 Å². The summed E-state index contributed by atoms with van der Waals surface area (Å²) < 4.78 is 284. The third-order valence-electron chi connectivity index (χ3n) is 0. The van der Waals surface area contributed by atoms with Crippen LogP contribution >= 0.6 is 0 Å². The smallest absolute Gasteiger partial charge is 1.00 e. The van der Waals surface area contributed by atoms with Crippen molar-refractivity contribution >= 4 is 416 Å². The first-order valence-corrected chi connectivity index (χ1v) is 18.9. The van der Waals surface area contributed by atoms with E-state index in [1.807, 2.05) is 0 Å². The molecule has 59 heteroatoms. The van der Waals surface area contributed by atoms with Gasteiger partial charge in [-0.05, 0) is 0 Å². The van der Waals surface area contributed by atoms with Crippen LogP contribution in [-0.4, -0.2) is 480 Å². The van der Waals surface area contributed by atoms with E-state index in [4.69, 9.17) is 158 Å². The molecule has 344 valence electrons. The summed E-state index contributed by atoms with van der Waals surface area (Å²) in [6.45, 7) is 0. The van der Waals surface area contributed by atoms with E-state index in [2.05, 4.69) is 0 Å². The second kappa shape index (κ2) is 74.1. The van der Waals surface area contributed by atoms with Crippen LogP contribution in [0.25, 0.3) is 0 Å². The molecule has 0 aliphatic rings. The van der Waals surface area contributed by atoms with Crippen molar-refractivity contribution in [2.24, 2.45) is 0 Å². The average molecular weight is 1250 g/mol. The molecule has 0 amide bonds. The molecule has 0 aliphatic carbocycles.